The van der Waals surface area contributed by atoms with E-state index >= 15 is 0 Å². The molecule has 1 amide bonds. The molecule has 0 fully saturated rings. The van der Waals surface area contributed by atoms with Crippen LogP contribution in [0.1, 0.15) is 33.1 Å². The smallest absolute Gasteiger partial charge is 0.292 e. The first-order valence-electron chi connectivity index (χ1n) is 10.6. The van der Waals surface area contributed by atoms with Gasteiger partial charge in [-0.3, -0.25) is 9.48 Å². The maximum atomic E-state index is 12.7. The third kappa shape index (κ3) is 5.71. The van der Waals surface area contributed by atoms with Gasteiger partial charge in [-0.05, 0) is 54.8 Å². The number of hydrogen-bond donors (Lipinski definition) is 1. The summed E-state index contributed by atoms with van der Waals surface area (Å²) in [4.78, 5) is 12.7. The van der Waals surface area contributed by atoms with Gasteiger partial charge in [-0.15, -0.1) is 6.58 Å². The molecular weight excluding hydrogens is 473 g/mol. The molecule has 0 aliphatic carbocycles. The van der Waals surface area contributed by atoms with Gasteiger partial charge < -0.3 is 14.5 Å². The summed E-state index contributed by atoms with van der Waals surface area (Å²) in [6.45, 7) is 6.33. The van der Waals surface area contributed by atoms with Gasteiger partial charge in [-0.2, -0.15) is 5.10 Å². The molecule has 0 saturated heterocycles. The molecule has 0 atom stereocenters. The number of allylic oxidation sites excluding steroid dienone is 1. The van der Waals surface area contributed by atoms with Gasteiger partial charge in [-0.1, -0.05) is 53.5 Å². The van der Waals surface area contributed by atoms with Crippen LogP contribution in [-0.2, 0) is 19.6 Å². The highest BCUT2D eigenvalue weighted by Gasteiger charge is 2.15. The molecule has 0 bridgehead atoms. The third-order valence-electron chi connectivity index (χ3n) is 5.15. The summed E-state index contributed by atoms with van der Waals surface area (Å²) in [7, 11) is 0. The lowest BCUT2D eigenvalue weighted by molar-refractivity contribution is 0.0992. The van der Waals surface area contributed by atoms with Crippen LogP contribution < -0.4 is 10.1 Å². The SMILES string of the molecule is C=CCc1ccccc1OCc1ccc(C(=O)Nc2cc(C)n(Cc3ccc(Cl)cc3Cl)n2)o1. The predicted molar refractivity (Wildman–Crippen MR) is 134 cm³/mol. The van der Waals surface area contributed by atoms with Crippen molar-refractivity contribution >= 4 is 34.9 Å². The van der Waals surface area contributed by atoms with Crippen molar-refractivity contribution in [1.82, 2.24) is 9.78 Å². The fourth-order valence-corrected chi connectivity index (χ4v) is 3.88. The molecule has 4 rings (SSSR count). The summed E-state index contributed by atoms with van der Waals surface area (Å²) in [5.74, 6) is 1.49. The molecule has 34 heavy (non-hydrogen) atoms. The molecule has 0 aliphatic rings. The maximum Gasteiger partial charge on any atom is 0.292 e. The second kappa shape index (κ2) is 10.6. The Morgan fingerprint density at radius 3 is 2.76 bits per heavy atom. The second-order valence-corrected chi connectivity index (χ2v) is 8.52. The number of amides is 1. The van der Waals surface area contributed by atoms with Gasteiger partial charge in [0.1, 0.15) is 18.1 Å². The average Bonchev–Trinajstić information content (AvgIpc) is 3.42. The number of nitrogens with one attached hydrogen (secondary N) is 1. The Morgan fingerprint density at radius 1 is 1.15 bits per heavy atom. The van der Waals surface area contributed by atoms with Crippen LogP contribution in [0.4, 0.5) is 5.82 Å². The Kier molecular flexibility index (Phi) is 7.40. The normalized spacial score (nSPS) is 10.8. The van der Waals surface area contributed by atoms with Crippen molar-refractivity contribution in [3.8, 4) is 5.75 Å². The molecule has 2 aromatic heterocycles. The minimum absolute atomic E-state index is 0.172. The number of carbonyl (C=O) groups excluding carboxylic acids is 1. The van der Waals surface area contributed by atoms with E-state index in [0.29, 0.717) is 34.6 Å². The number of hydrogen-bond acceptors (Lipinski definition) is 4. The third-order valence-corrected chi connectivity index (χ3v) is 5.74. The number of ether oxygens (including phenoxy) is 1. The van der Waals surface area contributed by atoms with E-state index in [4.69, 9.17) is 32.4 Å². The van der Waals surface area contributed by atoms with Crippen molar-refractivity contribution in [3.05, 3.63) is 112 Å². The van der Waals surface area contributed by atoms with E-state index in [0.717, 1.165) is 22.6 Å². The number of para-hydroxylation sites is 1. The van der Waals surface area contributed by atoms with Crippen molar-refractivity contribution in [1.29, 1.82) is 0 Å². The number of benzene rings is 2. The highest BCUT2D eigenvalue weighted by atomic mass is 35.5. The van der Waals surface area contributed by atoms with Crippen molar-refractivity contribution in [3.63, 3.8) is 0 Å². The summed E-state index contributed by atoms with van der Waals surface area (Å²) in [6, 6.07) is 18.2. The molecule has 4 aromatic rings. The highest BCUT2D eigenvalue weighted by Crippen LogP contribution is 2.23. The Labute approximate surface area is 207 Å². The van der Waals surface area contributed by atoms with E-state index in [1.807, 2.05) is 43.3 Å². The van der Waals surface area contributed by atoms with Gasteiger partial charge in [0, 0.05) is 21.8 Å². The molecule has 8 heteroatoms. The summed E-state index contributed by atoms with van der Waals surface area (Å²) < 4.78 is 13.3. The van der Waals surface area contributed by atoms with Gasteiger partial charge >= 0.3 is 0 Å². The number of carbonyl (C=O) groups is 1. The molecule has 174 valence electrons. The minimum Gasteiger partial charge on any atom is -0.485 e. The van der Waals surface area contributed by atoms with Gasteiger partial charge in [0.15, 0.2) is 11.6 Å². The van der Waals surface area contributed by atoms with E-state index in [2.05, 4.69) is 17.0 Å². The zero-order valence-electron chi connectivity index (χ0n) is 18.6. The Bertz CT molecular complexity index is 1330. The van der Waals surface area contributed by atoms with Crippen LogP contribution in [0, 0.1) is 6.92 Å². The Hall–Kier alpha value is -3.48. The number of aryl methyl sites for hydroxylation is 1. The Morgan fingerprint density at radius 2 is 1.97 bits per heavy atom. The standard InChI is InChI=1S/C26H23Cl2N3O3/c1-3-6-18-7-4-5-8-23(18)33-16-21-11-12-24(34-21)26(32)29-25-13-17(2)31(30-25)15-19-9-10-20(27)14-22(19)28/h3-5,7-14H,1,6,15-16H2,2H3,(H,29,30,32). The molecule has 6 nitrogen and oxygen atoms in total. The zero-order valence-corrected chi connectivity index (χ0v) is 20.1. The van der Waals surface area contributed by atoms with E-state index in [1.165, 1.54) is 0 Å². The van der Waals surface area contributed by atoms with Gasteiger partial charge in [0.25, 0.3) is 5.91 Å². The molecule has 0 aliphatic heterocycles. The summed E-state index contributed by atoms with van der Waals surface area (Å²) >= 11 is 12.2. The predicted octanol–water partition coefficient (Wildman–Crippen LogP) is 6.70. The quantitative estimate of drug-likeness (QED) is 0.262. The fourth-order valence-electron chi connectivity index (χ4n) is 3.42. The monoisotopic (exact) mass is 495 g/mol. The van der Waals surface area contributed by atoms with E-state index < -0.39 is 5.91 Å². The first-order chi connectivity index (χ1) is 16.4. The lowest BCUT2D eigenvalue weighted by atomic mass is 10.1. The highest BCUT2D eigenvalue weighted by molar-refractivity contribution is 6.35. The zero-order chi connectivity index (χ0) is 24.1. The summed E-state index contributed by atoms with van der Waals surface area (Å²) in [5, 5.41) is 8.37. The number of aromatic nitrogens is 2. The van der Waals surface area contributed by atoms with Crippen molar-refractivity contribution in [2.75, 3.05) is 5.32 Å². The van der Waals surface area contributed by atoms with Crippen molar-refractivity contribution in [2.45, 2.75) is 26.5 Å². The molecular formula is C26H23Cl2N3O3. The van der Waals surface area contributed by atoms with Crippen molar-refractivity contribution < 1.29 is 13.9 Å². The van der Waals surface area contributed by atoms with Crippen LogP contribution in [0.3, 0.4) is 0 Å². The maximum absolute atomic E-state index is 12.7. The largest absolute Gasteiger partial charge is 0.485 e. The summed E-state index contributed by atoms with van der Waals surface area (Å²) in [6.07, 6.45) is 2.53. The van der Waals surface area contributed by atoms with E-state index in [-0.39, 0.29) is 12.4 Å². The van der Waals surface area contributed by atoms with Gasteiger partial charge in [0.05, 0.1) is 6.54 Å². The molecule has 0 saturated carbocycles. The number of furan rings is 1. The molecule has 0 spiro atoms. The van der Waals surface area contributed by atoms with Crippen LogP contribution in [-0.4, -0.2) is 15.7 Å². The molecule has 2 aromatic carbocycles. The first kappa shape index (κ1) is 23.7. The van der Waals surface area contributed by atoms with Crippen LogP contribution in [0.15, 0.2) is 77.7 Å². The Balaban J connectivity index is 1.38. The van der Waals surface area contributed by atoms with Crippen LogP contribution in [0.5, 0.6) is 5.75 Å². The lowest BCUT2D eigenvalue weighted by Gasteiger charge is -2.08. The fraction of sp³-hybridized carbons (Fsp3) is 0.154. The average molecular weight is 496 g/mol. The number of rotatable bonds is 9. The van der Waals surface area contributed by atoms with E-state index in [1.54, 1.807) is 35.0 Å². The number of halogens is 2. The molecule has 0 unspecified atom stereocenters. The summed E-state index contributed by atoms with van der Waals surface area (Å²) in [5.41, 5.74) is 2.78. The minimum atomic E-state index is -0.396. The van der Waals surface area contributed by atoms with Crippen LogP contribution >= 0.6 is 23.2 Å². The van der Waals surface area contributed by atoms with Crippen LogP contribution in [0.25, 0.3) is 0 Å². The number of anilines is 1. The second-order valence-electron chi connectivity index (χ2n) is 7.67. The first-order valence-corrected chi connectivity index (χ1v) is 11.4. The van der Waals surface area contributed by atoms with Gasteiger partial charge in [-0.25, -0.2) is 0 Å². The van der Waals surface area contributed by atoms with E-state index in [9.17, 15) is 4.79 Å². The number of nitrogens with zero attached hydrogens (tertiary/aromatic N) is 2. The van der Waals surface area contributed by atoms with Gasteiger partial charge in [0.2, 0.25) is 0 Å². The molecule has 2 heterocycles. The molecule has 1 N–H and O–H groups in total. The molecule has 0 radical (unpaired) electrons. The van der Waals surface area contributed by atoms with Crippen LogP contribution in [0.2, 0.25) is 10.0 Å². The van der Waals surface area contributed by atoms with Crippen molar-refractivity contribution in [2.24, 2.45) is 0 Å². The lowest BCUT2D eigenvalue weighted by Crippen LogP contribution is -2.12. The topological polar surface area (TPSA) is 69.3 Å².